The van der Waals surface area contributed by atoms with E-state index in [9.17, 15) is 5.11 Å². The Labute approximate surface area is 192 Å². The second-order valence-electron chi connectivity index (χ2n) is 8.92. The minimum absolute atomic E-state index is 0.232. The average molecular weight is 446 g/mol. The Balaban J connectivity index is 1.15. The highest BCUT2D eigenvalue weighted by Crippen LogP contribution is 2.31. The van der Waals surface area contributed by atoms with Crippen LogP contribution in [-0.2, 0) is 0 Å². The molecule has 0 saturated carbocycles. The monoisotopic (exact) mass is 445 g/mol. The number of ether oxygens (including phenoxy) is 1. The zero-order valence-electron chi connectivity index (χ0n) is 18.4. The molecule has 170 valence electrons. The molecule has 0 spiro atoms. The number of piperidine rings is 2. The van der Waals surface area contributed by atoms with E-state index >= 15 is 0 Å². The summed E-state index contributed by atoms with van der Waals surface area (Å²) in [4.78, 5) is 4.65. The molecule has 0 radical (unpaired) electrons. The number of tetrazole rings is 1. The lowest BCUT2D eigenvalue weighted by Crippen LogP contribution is -2.54. The molecule has 2 aliphatic heterocycles. The van der Waals surface area contributed by atoms with Crippen LogP contribution in [0.4, 0.5) is 5.95 Å². The number of aromatic nitrogens is 4. The van der Waals surface area contributed by atoms with Crippen molar-refractivity contribution < 1.29 is 9.84 Å². The summed E-state index contributed by atoms with van der Waals surface area (Å²) < 4.78 is 7.51. The fourth-order valence-corrected chi connectivity index (χ4v) is 4.98. The van der Waals surface area contributed by atoms with Crippen LogP contribution in [0.25, 0.3) is 5.69 Å². The van der Waals surface area contributed by atoms with Crippen molar-refractivity contribution in [1.82, 2.24) is 25.1 Å². The maximum atomic E-state index is 10.5. The molecule has 3 unspecified atom stereocenters. The number of anilines is 1. The smallest absolute Gasteiger partial charge is 0.250 e. The van der Waals surface area contributed by atoms with Gasteiger partial charge in [0.05, 0.1) is 17.3 Å². The average Bonchev–Trinajstić information content (AvgIpc) is 3.33. The summed E-state index contributed by atoms with van der Waals surface area (Å²) in [5, 5.41) is 31.9. The molecule has 2 saturated heterocycles. The molecule has 5 rings (SSSR count). The number of β-amino-alcohol motifs (C(OH)–C–C–N with tert-alkyl or cyclic N) is 1. The number of aliphatic hydroxyl groups is 1. The quantitative estimate of drug-likeness (QED) is 0.587. The molecule has 3 aromatic rings. The molecular weight excluding hydrogens is 418 g/mol. The molecule has 3 heterocycles. The summed E-state index contributed by atoms with van der Waals surface area (Å²) in [6.45, 7) is 4.50. The van der Waals surface area contributed by atoms with Crippen molar-refractivity contribution in [3.63, 3.8) is 0 Å². The molecule has 9 nitrogen and oxygen atoms in total. The number of fused-ring (bicyclic) bond motifs is 2. The predicted molar refractivity (Wildman–Crippen MR) is 122 cm³/mol. The first-order valence-corrected chi connectivity index (χ1v) is 11.3. The number of hydrogen-bond donors (Lipinski definition) is 1. The van der Waals surface area contributed by atoms with Gasteiger partial charge < -0.3 is 14.7 Å². The van der Waals surface area contributed by atoms with E-state index in [1.807, 2.05) is 35.0 Å². The molecule has 1 N–H and O–H groups in total. The van der Waals surface area contributed by atoms with Gasteiger partial charge in [-0.25, -0.2) is 0 Å². The molecule has 0 aliphatic carbocycles. The standard InChI is InChI=1S/C24H27N7O2/c25-11-18-6-8-23(9-7-18)33-17-22(32)16-29-12-19-10-20(13-29)15-30(14-19)24-26-27-28-31(24)21-4-2-1-3-5-21/h1-9,19-20,22,32H,10,12-17H2. The van der Waals surface area contributed by atoms with E-state index in [4.69, 9.17) is 10.00 Å². The highest BCUT2D eigenvalue weighted by Gasteiger charge is 2.36. The first-order valence-electron chi connectivity index (χ1n) is 11.3. The molecular formula is C24H27N7O2. The van der Waals surface area contributed by atoms with Crippen LogP contribution in [0.3, 0.4) is 0 Å². The summed E-state index contributed by atoms with van der Waals surface area (Å²) in [6, 6.07) is 19.0. The summed E-state index contributed by atoms with van der Waals surface area (Å²) in [6.07, 6.45) is 0.624. The van der Waals surface area contributed by atoms with Gasteiger partial charge >= 0.3 is 0 Å². The van der Waals surface area contributed by atoms with Crippen molar-refractivity contribution in [2.45, 2.75) is 12.5 Å². The van der Waals surface area contributed by atoms with Crippen LogP contribution >= 0.6 is 0 Å². The van der Waals surface area contributed by atoms with Gasteiger partial charge in [-0.15, -0.1) is 0 Å². The van der Waals surface area contributed by atoms with Crippen LogP contribution in [0, 0.1) is 23.2 Å². The Morgan fingerprint density at radius 1 is 1.03 bits per heavy atom. The van der Waals surface area contributed by atoms with Crippen molar-refractivity contribution in [2.75, 3.05) is 44.2 Å². The summed E-state index contributed by atoms with van der Waals surface area (Å²) in [5.41, 5.74) is 1.55. The zero-order valence-corrected chi connectivity index (χ0v) is 18.4. The van der Waals surface area contributed by atoms with Crippen LogP contribution in [0.2, 0.25) is 0 Å². The van der Waals surface area contributed by atoms with Gasteiger partial charge in [0.2, 0.25) is 5.95 Å². The normalized spacial score (nSPS) is 21.4. The molecule has 2 fully saturated rings. The highest BCUT2D eigenvalue weighted by molar-refractivity contribution is 5.41. The second kappa shape index (κ2) is 9.57. The van der Waals surface area contributed by atoms with Gasteiger partial charge in [-0.05, 0) is 65.1 Å². The van der Waals surface area contributed by atoms with Crippen LogP contribution < -0.4 is 9.64 Å². The Kier molecular flexibility index (Phi) is 6.19. The van der Waals surface area contributed by atoms with Gasteiger partial charge in [-0.2, -0.15) is 9.94 Å². The fraction of sp³-hybridized carbons (Fsp3) is 0.417. The van der Waals surface area contributed by atoms with Gasteiger partial charge in [0.1, 0.15) is 18.5 Å². The number of nitriles is 1. The van der Waals surface area contributed by atoms with Crippen molar-refractivity contribution in [3.05, 3.63) is 60.2 Å². The molecule has 9 heteroatoms. The third-order valence-electron chi connectivity index (χ3n) is 6.29. The van der Waals surface area contributed by atoms with E-state index in [0.717, 1.165) is 37.8 Å². The van der Waals surface area contributed by atoms with Crippen molar-refractivity contribution in [1.29, 1.82) is 5.26 Å². The first kappa shape index (κ1) is 21.4. The first-order chi connectivity index (χ1) is 16.2. The third-order valence-corrected chi connectivity index (χ3v) is 6.29. The topological polar surface area (TPSA) is 103 Å². The Bertz CT molecular complexity index is 1080. The van der Waals surface area contributed by atoms with E-state index in [0.29, 0.717) is 29.7 Å². The predicted octanol–water partition coefficient (Wildman–Crippen LogP) is 1.73. The molecule has 2 aliphatic rings. The maximum absolute atomic E-state index is 10.5. The molecule has 3 atom stereocenters. The van der Waals surface area contributed by atoms with Crippen LogP contribution in [0.5, 0.6) is 5.75 Å². The van der Waals surface area contributed by atoms with Gasteiger partial charge in [0.25, 0.3) is 0 Å². The molecule has 33 heavy (non-hydrogen) atoms. The third kappa shape index (κ3) is 4.97. The zero-order chi connectivity index (χ0) is 22.6. The highest BCUT2D eigenvalue weighted by atomic mass is 16.5. The van der Waals surface area contributed by atoms with Crippen molar-refractivity contribution in [2.24, 2.45) is 11.8 Å². The lowest BCUT2D eigenvalue weighted by Gasteiger charge is -2.46. The summed E-state index contributed by atoms with van der Waals surface area (Å²) in [5.74, 6) is 2.46. The maximum Gasteiger partial charge on any atom is 0.250 e. The number of benzene rings is 2. The van der Waals surface area contributed by atoms with Gasteiger partial charge in [-0.1, -0.05) is 23.3 Å². The Morgan fingerprint density at radius 2 is 1.76 bits per heavy atom. The van der Waals surface area contributed by atoms with Crippen LogP contribution in [0.1, 0.15) is 12.0 Å². The molecule has 2 aromatic carbocycles. The van der Waals surface area contributed by atoms with E-state index in [1.165, 1.54) is 6.42 Å². The number of hydrogen-bond acceptors (Lipinski definition) is 8. The number of rotatable bonds is 7. The fourth-order valence-electron chi connectivity index (χ4n) is 4.98. The molecule has 1 aromatic heterocycles. The van der Waals surface area contributed by atoms with Crippen LogP contribution in [0.15, 0.2) is 54.6 Å². The summed E-state index contributed by atoms with van der Waals surface area (Å²) in [7, 11) is 0. The molecule has 2 bridgehead atoms. The lowest BCUT2D eigenvalue weighted by molar-refractivity contribution is 0.0333. The number of aliphatic hydroxyl groups excluding tert-OH is 1. The van der Waals surface area contributed by atoms with E-state index in [2.05, 4.69) is 31.4 Å². The minimum atomic E-state index is -0.569. The molecule has 0 amide bonds. The number of nitrogens with zero attached hydrogens (tertiary/aromatic N) is 7. The van der Waals surface area contributed by atoms with Gasteiger partial charge in [-0.3, -0.25) is 4.90 Å². The van der Waals surface area contributed by atoms with Crippen molar-refractivity contribution in [3.8, 4) is 17.5 Å². The van der Waals surface area contributed by atoms with E-state index in [1.54, 1.807) is 24.3 Å². The van der Waals surface area contributed by atoms with Crippen molar-refractivity contribution >= 4 is 5.95 Å². The second-order valence-corrected chi connectivity index (χ2v) is 8.92. The Hall–Kier alpha value is -3.48. The summed E-state index contributed by atoms with van der Waals surface area (Å²) >= 11 is 0. The minimum Gasteiger partial charge on any atom is -0.491 e. The SMILES string of the molecule is N#Cc1ccc(OCC(O)CN2CC3CC(C2)CN(c2nnnn2-c2ccccc2)C3)cc1. The lowest BCUT2D eigenvalue weighted by atomic mass is 9.84. The van der Waals surface area contributed by atoms with Gasteiger partial charge in [0.15, 0.2) is 0 Å². The largest absolute Gasteiger partial charge is 0.491 e. The van der Waals surface area contributed by atoms with E-state index < -0.39 is 6.10 Å². The van der Waals surface area contributed by atoms with Gasteiger partial charge in [0, 0.05) is 32.7 Å². The van der Waals surface area contributed by atoms with Crippen LogP contribution in [-0.4, -0.2) is 75.6 Å². The number of likely N-dealkylation sites (tertiary alicyclic amines) is 1. The number of para-hydroxylation sites is 1. The van der Waals surface area contributed by atoms with E-state index in [-0.39, 0.29) is 6.61 Å². The Morgan fingerprint density at radius 3 is 2.45 bits per heavy atom.